The molecule has 1 aliphatic rings. The van der Waals surface area contributed by atoms with E-state index in [9.17, 15) is 19.2 Å². The molecule has 1 aromatic heterocycles. The lowest BCUT2D eigenvalue weighted by Crippen LogP contribution is -2.56. The maximum atomic E-state index is 13.0. The maximum absolute atomic E-state index is 13.0. The molecule has 172 valence electrons. The number of alkyl halides is 1. The number of amides is 4. The van der Waals surface area contributed by atoms with Crippen molar-refractivity contribution in [1.82, 2.24) is 26.1 Å². The highest BCUT2D eigenvalue weighted by atomic mass is 35.5. The number of nitrogens with one attached hydrogen (secondary N) is 4. The van der Waals surface area contributed by atoms with Crippen molar-refractivity contribution < 1.29 is 19.2 Å². The number of hydrogen-bond donors (Lipinski definition) is 4. The highest BCUT2D eigenvalue weighted by Crippen LogP contribution is 2.16. The molecule has 2 aromatic rings. The number of fused-ring (bicyclic) bond motifs is 1. The van der Waals surface area contributed by atoms with Crippen LogP contribution in [0.5, 0.6) is 0 Å². The van der Waals surface area contributed by atoms with Crippen LogP contribution in [0.4, 0.5) is 0 Å². The van der Waals surface area contributed by atoms with E-state index in [1.165, 1.54) is 0 Å². The van der Waals surface area contributed by atoms with Gasteiger partial charge in [0.1, 0.15) is 17.6 Å². The van der Waals surface area contributed by atoms with Crippen LogP contribution in [0.3, 0.4) is 0 Å². The van der Waals surface area contributed by atoms with Crippen LogP contribution >= 0.6 is 11.6 Å². The number of nitrogens with zero attached hydrogens (tertiary/aromatic N) is 1. The Morgan fingerprint density at radius 1 is 1.25 bits per heavy atom. The van der Waals surface area contributed by atoms with Crippen molar-refractivity contribution in [2.45, 2.75) is 32.7 Å². The van der Waals surface area contributed by atoms with Gasteiger partial charge < -0.3 is 15.6 Å². The number of hydrogen-bond acceptors (Lipinski definition) is 4. The summed E-state index contributed by atoms with van der Waals surface area (Å²) in [6.45, 7) is 4.41. The fourth-order valence-corrected chi connectivity index (χ4v) is 3.81. The average molecular weight is 462 g/mol. The van der Waals surface area contributed by atoms with Crippen molar-refractivity contribution in [1.29, 1.82) is 0 Å². The number of carbonyl (C=O) groups excluding carboxylic acids is 4. The molecule has 4 amide bonds. The number of halogens is 1. The Hall–Kier alpha value is -3.07. The van der Waals surface area contributed by atoms with Gasteiger partial charge in [0.15, 0.2) is 0 Å². The predicted molar refractivity (Wildman–Crippen MR) is 121 cm³/mol. The van der Waals surface area contributed by atoms with Gasteiger partial charge in [-0.2, -0.15) is 0 Å². The minimum Gasteiger partial charge on any atom is -0.356 e. The number of rotatable bonds is 8. The molecule has 0 aliphatic carbocycles. The van der Waals surface area contributed by atoms with E-state index in [-0.39, 0.29) is 24.2 Å². The summed E-state index contributed by atoms with van der Waals surface area (Å²) in [5, 5.41) is 7.43. The number of aromatic nitrogens is 1. The van der Waals surface area contributed by atoms with Crippen LogP contribution in [0, 0.1) is 11.8 Å². The number of aromatic amines is 1. The Balaban J connectivity index is 1.72. The molecular weight excluding hydrogens is 434 g/mol. The Morgan fingerprint density at radius 2 is 2.00 bits per heavy atom. The van der Waals surface area contributed by atoms with Crippen molar-refractivity contribution in [2.75, 3.05) is 19.0 Å². The third kappa shape index (κ3) is 5.79. The lowest BCUT2D eigenvalue weighted by molar-refractivity contribution is -0.142. The van der Waals surface area contributed by atoms with E-state index in [0.717, 1.165) is 15.9 Å². The Morgan fingerprint density at radius 3 is 2.62 bits per heavy atom. The zero-order valence-electron chi connectivity index (χ0n) is 18.1. The maximum Gasteiger partial charge on any atom is 0.268 e. The van der Waals surface area contributed by atoms with Gasteiger partial charge in [-0.1, -0.05) is 32.0 Å². The van der Waals surface area contributed by atoms with Gasteiger partial charge in [0.2, 0.25) is 5.91 Å². The number of H-pyrrole nitrogens is 1. The molecule has 0 saturated carbocycles. The summed E-state index contributed by atoms with van der Waals surface area (Å²) < 4.78 is 0. The molecule has 32 heavy (non-hydrogen) atoms. The van der Waals surface area contributed by atoms with E-state index in [0.29, 0.717) is 25.1 Å². The molecular formula is C22H28ClN5O4. The van der Waals surface area contributed by atoms with E-state index in [1.54, 1.807) is 6.07 Å². The molecule has 1 fully saturated rings. The van der Waals surface area contributed by atoms with Gasteiger partial charge in [-0.3, -0.25) is 29.6 Å². The van der Waals surface area contributed by atoms with Crippen molar-refractivity contribution >= 4 is 46.1 Å². The molecule has 9 nitrogen and oxygen atoms in total. The smallest absolute Gasteiger partial charge is 0.268 e. The van der Waals surface area contributed by atoms with Gasteiger partial charge >= 0.3 is 0 Å². The molecule has 2 heterocycles. The first kappa shape index (κ1) is 23.6. The summed E-state index contributed by atoms with van der Waals surface area (Å²) in [5.41, 5.74) is 3.71. The molecule has 0 spiro atoms. The van der Waals surface area contributed by atoms with E-state index in [1.807, 2.05) is 38.1 Å². The largest absolute Gasteiger partial charge is 0.356 e. The van der Waals surface area contributed by atoms with Crippen molar-refractivity contribution in [3.63, 3.8) is 0 Å². The zero-order chi connectivity index (χ0) is 23.3. The highest BCUT2D eigenvalue weighted by Gasteiger charge is 2.31. The third-order valence-electron chi connectivity index (χ3n) is 5.33. The van der Waals surface area contributed by atoms with Crippen LogP contribution in [-0.2, 0) is 14.4 Å². The van der Waals surface area contributed by atoms with Gasteiger partial charge in [-0.05, 0) is 30.9 Å². The van der Waals surface area contributed by atoms with Crippen LogP contribution < -0.4 is 16.1 Å². The van der Waals surface area contributed by atoms with Crippen LogP contribution in [-0.4, -0.2) is 58.6 Å². The number of hydrazine groups is 1. The predicted octanol–water partition coefficient (Wildman–Crippen LogP) is 1.55. The van der Waals surface area contributed by atoms with Crippen molar-refractivity contribution in [3.05, 3.63) is 36.0 Å². The molecule has 4 N–H and O–H groups in total. The molecule has 0 unspecified atom stereocenters. The van der Waals surface area contributed by atoms with Gasteiger partial charge in [0, 0.05) is 17.4 Å². The standard InChI is InChI=1S/C22H28ClN5O4/c1-13(2)9-17(26-21(31)18-10-14-5-3-4-6-16(14)25-18)22(32)27-28(19(29)11-23)12-15-7-8-24-20(15)30/h3-6,10,13,15,17,25H,7-9,11-12H2,1-2H3,(H,24,30)(H,26,31)(H,27,32)/t15-,17+/m0/s1. The van der Waals surface area contributed by atoms with E-state index >= 15 is 0 Å². The van der Waals surface area contributed by atoms with Crippen molar-refractivity contribution in [2.24, 2.45) is 11.8 Å². The Bertz CT molecular complexity index is 972. The summed E-state index contributed by atoms with van der Waals surface area (Å²) in [6.07, 6.45) is 0.929. The minimum atomic E-state index is -0.878. The first-order valence-electron chi connectivity index (χ1n) is 10.6. The third-order valence-corrected chi connectivity index (χ3v) is 5.56. The molecule has 2 atom stereocenters. The van der Waals surface area contributed by atoms with E-state index in [2.05, 4.69) is 21.0 Å². The van der Waals surface area contributed by atoms with Gasteiger partial charge in [-0.15, -0.1) is 11.6 Å². The topological polar surface area (TPSA) is 123 Å². The summed E-state index contributed by atoms with van der Waals surface area (Å²) in [7, 11) is 0. The van der Waals surface area contributed by atoms with Crippen molar-refractivity contribution in [3.8, 4) is 0 Å². The van der Waals surface area contributed by atoms with Gasteiger partial charge in [0.25, 0.3) is 17.7 Å². The number of para-hydroxylation sites is 1. The quantitative estimate of drug-likeness (QED) is 0.351. The fourth-order valence-electron chi connectivity index (χ4n) is 3.67. The van der Waals surface area contributed by atoms with Gasteiger partial charge in [-0.25, -0.2) is 0 Å². The summed E-state index contributed by atoms with van der Waals surface area (Å²) in [6, 6.07) is 8.33. The highest BCUT2D eigenvalue weighted by molar-refractivity contribution is 6.27. The van der Waals surface area contributed by atoms with Crippen LogP contribution in [0.2, 0.25) is 0 Å². The minimum absolute atomic E-state index is 0.0213. The second-order valence-corrected chi connectivity index (χ2v) is 8.58. The summed E-state index contributed by atoms with van der Waals surface area (Å²) in [4.78, 5) is 53.1. The first-order chi connectivity index (χ1) is 15.3. The Labute approximate surface area is 191 Å². The second kappa shape index (κ2) is 10.5. The molecule has 1 aromatic carbocycles. The molecule has 1 aliphatic heterocycles. The van der Waals surface area contributed by atoms with E-state index < -0.39 is 29.7 Å². The number of benzene rings is 1. The SMILES string of the molecule is CC(C)C[C@@H](NC(=O)c1cc2ccccc2[nH]1)C(=O)NN(C[C@@H]1CCNC1=O)C(=O)CCl. The zero-order valence-corrected chi connectivity index (χ0v) is 18.9. The second-order valence-electron chi connectivity index (χ2n) is 8.32. The lowest BCUT2D eigenvalue weighted by atomic mass is 10.0. The molecule has 10 heteroatoms. The van der Waals surface area contributed by atoms with Crippen LogP contribution in [0.25, 0.3) is 10.9 Å². The van der Waals surface area contributed by atoms with Crippen LogP contribution in [0.15, 0.2) is 30.3 Å². The van der Waals surface area contributed by atoms with E-state index in [4.69, 9.17) is 11.6 Å². The first-order valence-corrected chi connectivity index (χ1v) is 11.1. The average Bonchev–Trinajstić information content (AvgIpc) is 3.37. The number of carbonyl (C=O) groups is 4. The molecule has 0 bridgehead atoms. The monoisotopic (exact) mass is 461 g/mol. The van der Waals surface area contributed by atoms with Gasteiger partial charge in [0.05, 0.1) is 12.5 Å². The normalized spacial score (nSPS) is 16.6. The summed E-state index contributed by atoms with van der Waals surface area (Å²) in [5.74, 6) is -2.32. The molecule has 1 saturated heterocycles. The summed E-state index contributed by atoms with van der Waals surface area (Å²) >= 11 is 5.70. The van der Waals surface area contributed by atoms with Crippen LogP contribution in [0.1, 0.15) is 37.2 Å². The fraction of sp³-hybridized carbons (Fsp3) is 0.455. The molecule has 0 radical (unpaired) electrons. The molecule has 3 rings (SSSR count). The Kier molecular flexibility index (Phi) is 7.74. The lowest BCUT2D eigenvalue weighted by Gasteiger charge is -2.28.